The molecule has 1 atom stereocenters. The van der Waals surface area contributed by atoms with Crippen molar-refractivity contribution in [2.24, 2.45) is 5.73 Å². The van der Waals surface area contributed by atoms with Crippen LogP contribution in [0.3, 0.4) is 0 Å². The fraction of sp³-hybridized carbons (Fsp3) is 0.364. The van der Waals surface area contributed by atoms with Crippen molar-refractivity contribution in [3.8, 4) is 0 Å². The standard InChI is InChI=1S/C11H12BrF2NO2/c12-6-1-2-7(11(13)14)8(5-6)9(15)3-4-10(16)17/h1-2,5,9,11H,3-4,15H2,(H,16,17). The Balaban J connectivity index is 2.93. The average molecular weight is 308 g/mol. The van der Waals surface area contributed by atoms with Gasteiger partial charge < -0.3 is 10.8 Å². The number of benzene rings is 1. The van der Waals surface area contributed by atoms with Crippen LogP contribution >= 0.6 is 15.9 Å². The highest BCUT2D eigenvalue weighted by Gasteiger charge is 2.18. The largest absolute Gasteiger partial charge is 0.481 e. The zero-order valence-corrected chi connectivity index (χ0v) is 10.5. The average Bonchev–Trinajstić information content (AvgIpc) is 2.25. The molecular weight excluding hydrogens is 296 g/mol. The van der Waals surface area contributed by atoms with Crippen LogP contribution in [0.4, 0.5) is 8.78 Å². The fourth-order valence-electron chi connectivity index (χ4n) is 1.50. The van der Waals surface area contributed by atoms with Crippen LogP contribution < -0.4 is 5.73 Å². The second kappa shape index (κ2) is 6.07. The van der Waals surface area contributed by atoms with Gasteiger partial charge in [0.25, 0.3) is 6.43 Å². The summed E-state index contributed by atoms with van der Waals surface area (Å²) in [7, 11) is 0. The Hall–Kier alpha value is -1.01. The molecule has 0 fully saturated rings. The SMILES string of the molecule is NC(CCC(=O)O)c1cc(Br)ccc1C(F)F. The number of halogens is 3. The predicted octanol–water partition coefficient (Wildman–Crippen LogP) is 3.25. The topological polar surface area (TPSA) is 63.3 Å². The zero-order valence-electron chi connectivity index (χ0n) is 8.87. The lowest BCUT2D eigenvalue weighted by Crippen LogP contribution is -2.14. The van der Waals surface area contributed by atoms with Crippen LogP contribution in [0, 0.1) is 0 Å². The second-order valence-electron chi connectivity index (χ2n) is 3.61. The third-order valence-electron chi connectivity index (χ3n) is 2.35. The molecule has 0 aliphatic rings. The first-order valence-corrected chi connectivity index (χ1v) is 5.76. The van der Waals surface area contributed by atoms with Crippen LogP contribution in [0.5, 0.6) is 0 Å². The van der Waals surface area contributed by atoms with E-state index in [2.05, 4.69) is 15.9 Å². The third-order valence-corrected chi connectivity index (χ3v) is 2.85. The Bertz CT molecular complexity index is 412. The Labute approximate surface area is 106 Å². The van der Waals surface area contributed by atoms with Crippen molar-refractivity contribution in [1.82, 2.24) is 0 Å². The fourth-order valence-corrected chi connectivity index (χ4v) is 1.88. The van der Waals surface area contributed by atoms with Crippen molar-refractivity contribution in [3.05, 3.63) is 33.8 Å². The highest BCUT2D eigenvalue weighted by atomic mass is 79.9. The molecule has 0 spiro atoms. The monoisotopic (exact) mass is 307 g/mol. The van der Waals surface area contributed by atoms with Gasteiger partial charge in [-0.25, -0.2) is 8.78 Å². The molecule has 0 bridgehead atoms. The number of carbonyl (C=O) groups is 1. The van der Waals surface area contributed by atoms with Crippen LogP contribution in [0.25, 0.3) is 0 Å². The molecule has 3 nitrogen and oxygen atoms in total. The molecule has 0 saturated heterocycles. The third kappa shape index (κ3) is 4.05. The second-order valence-corrected chi connectivity index (χ2v) is 4.53. The number of nitrogens with two attached hydrogens (primary N) is 1. The molecular formula is C11H12BrF2NO2. The molecule has 1 aromatic carbocycles. The van der Waals surface area contributed by atoms with E-state index < -0.39 is 18.4 Å². The van der Waals surface area contributed by atoms with Gasteiger partial charge in [0.05, 0.1) is 0 Å². The van der Waals surface area contributed by atoms with Gasteiger partial charge in [0.2, 0.25) is 0 Å². The number of hydrogen-bond donors (Lipinski definition) is 2. The minimum Gasteiger partial charge on any atom is -0.481 e. The molecule has 0 saturated carbocycles. The van der Waals surface area contributed by atoms with Crippen molar-refractivity contribution in [2.45, 2.75) is 25.3 Å². The molecule has 0 aromatic heterocycles. The molecule has 17 heavy (non-hydrogen) atoms. The molecule has 6 heteroatoms. The maximum atomic E-state index is 12.7. The zero-order chi connectivity index (χ0) is 13.0. The number of aliphatic carboxylic acids is 1. The first-order valence-electron chi connectivity index (χ1n) is 4.96. The van der Waals surface area contributed by atoms with Crippen LogP contribution in [0.15, 0.2) is 22.7 Å². The van der Waals surface area contributed by atoms with Gasteiger partial charge in [0.1, 0.15) is 0 Å². The van der Waals surface area contributed by atoms with Crippen LogP contribution in [-0.4, -0.2) is 11.1 Å². The first-order chi connectivity index (χ1) is 7.91. The summed E-state index contributed by atoms with van der Waals surface area (Å²) in [6, 6.07) is 3.61. The molecule has 0 radical (unpaired) electrons. The Morgan fingerprint density at radius 2 is 2.06 bits per heavy atom. The minimum absolute atomic E-state index is 0.130. The van der Waals surface area contributed by atoms with Crippen molar-refractivity contribution in [1.29, 1.82) is 0 Å². The van der Waals surface area contributed by atoms with E-state index in [0.717, 1.165) is 0 Å². The summed E-state index contributed by atoms with van der Waals surface area (Å²) >= 11 is 3.18. The van der Waals surface area contributed by atoms with Gasteiger partial charge in [0, 0.05) is 22.5 Å². The van der Waals surface area contributed by atoms with E-state index in [4.69, 9.17) is 10.8 Å². The minimum atomic E-state index is -2.62. The summed E-state index contributed by atoms with van der Waals surface area (Å²) < 4.78 is 26.1. The molecule has 1 rings (SSSR count). The van der Waals surface area contributed by atoms with E-state index >= 15 is 0 Å². The van der Waals surface area contributed by atoms with Gasteiger partial charge in [-0.05, 0) is 24.1 Å². The van der Waals surface area contributed by atoms with Gasteiger partial charge in [0.15, 0.2) is 0 Å². The van der Waals surface area contributed by atoms with Gasteiger partial charge in [-0.2, -0.15) is 0 Å². The maximum absolute atomic E-state index is 12.7. The highest BCUT2D eigenvalue weighted by molar-refractivity contribution is 9.10. The van der Waals surface area contributed by atoms with E-state index in [1.54, 1.807) is 0 Å². The van der Waals surface area contributed by atoms with Crippen LogP contribution in [-0.2, 0) is 4.79 Å². The van der Waals surface area contributed by atoms with Crippen LogP contribution in [0.1, 0.15) is 36.4 Å². The normalized spacial score (nSPS) is 12.8. The summed E-state index contributed by atoms with van der Waals surface area (Å²) in [4.78, 5) is 10.4. The lowest BCUT2D eigenvalue weighted by molar-refractivity contribution is -0.137. The lowest BCUT2D eigenvalue weighted by Gasteiger charge is -2.15. The van der Waals surface area contributed by atoms with E-state index in [9.17, 15) is 13.6 Å². The smallest absolute Gasteiger partial charge is 0.303 e. The molecule has 0 amide bonds. The Morgan fingerprint density at radius 1 is 1.41 bits per heavy atom. The quantitative estimate of drug-likeness (QED) is 0.877. The maximum Gasteiger partial charge on any atom is 0.303 e. The van der Waals surface area contributed by atoms with Gasteiger partial charge in [-0.15, -0.1) is 0 Å². The summed E-state index contributed by atoms with van der Waals surface area (Å²) in [5.74, 6) is -0.992. The van der Waals surface area contributed by atoms with E-state index in [0.29, 0.717) is 4.47 Å². The number of hydrogen-bond acceptors (Lipinski definition) is 2. The highest BCUT2D eigenvalue weighted by Crippen LogP contribution is 2.30. The van der Waals surface area contributed by atoms with Crippen molar-refractivity contribution in [2.75, 3.05) is 0 Å². The van der Waals surface area contributed by atoms with Crippen molar-refractivity contribution in [3.63, 3.8) is 0 Å². The molecule has 0 aliphatic carbocycles. The number of alkyl halides is 2. The number of carboxylic acids is 1. The van der Waals surface area contributed by atoms with E-state index in [1.165, 1.54) is 18.2 Å². The molecule has 1 unspecified atom stereocenters. The summed E-state index contributed by atoms with van der Waals surface area (Å²) in [6.07, 6.45) is -2.63. The Morgan fingerprint density at radius 3 is 2.59 bits per heavy atom. The molecule has 0 aliphatic heterocycles. The predicted molar refractivity (Wildman–Crippen MR) is 62.9 cm³/mol. The number of rotatable bonds is 5. The van der Waals surface area contributed by atoms with Gasteiger partial charge in [-0.1, -0.05) is 22.0 Å². The molecule has 94 valence electrons. The molecule has 0 heterocycles. The van der Waals surface area contributed by atoms with Gasteiger partial charge >= 0.3 is 5.97 Å². The van der Waals surface area contributed by atoms with E-state index in [1.807, 2.05) is 0 Å². The summed E-state index contributed by atoms with van der Waals surface area (Å²) in [6.45, 7) is 0. The molecule has 1 aromatic rings. The van der Waals surface area contributed by atoms with Crippen molar-refractivity contribution < 1.29 is 18.7 Å². The summed E-state index contributed by atoms with van der Waals surface area (Å²) in [5, 5.41) is 8.53. The van der Waals surface area contributed by atoms with E-state index in [-0.39, 0.29) is 24.0 Å². The Kier molecular flexibility index (Phi) is 5.02. The number of carboxylic acid groups (broad SMARTS) is 1. The summed E-state index contributed by atoms with van der Waals surface area (Å²) in [5.41, 5.74) is 5.87. The first kappa shape index (κ1) is 14.1. The van der Waals surface area contributed by atoms with Gasteiger partial charge in [-0.3, -0.25) is 4.79 Å². The van der Waals surface area contributed by atoms with Crippen LogP contribution in [0.2, 0.25) is 0 Å². The van der Waals surface area contributed by atoms with Crippen molar-refractivity contribution >= 4 is 21.9 Å². The lowest BCUT2D eigenvalue weighted by atomic mass is 9.98. The molecule has 3 N–H and O–H groups in total.